The van der Waals surface area contributed by atoms with Gasteiger partial charge in [-0.1, -0.05) is 6.07 Å². The van der Waals surface area contributed by atoms with Crippen molar-refractivity contribution in [2.75, 3.05) is 40.0 Å². The SMILES string of the molecule is CCNC(=NCc1ccc(OC)c(OC(F)F)c1)N1CCOC(C2CCCO2)C1.I. The van der Waals surface area contributed by atoms with Gasteiger partial charge in [-0.3, -0.25) is 0 Å². The van der Waals surface area contributed by atoms with Gasteiger partial charge in [-0.05, 0) is 37.5 Å². The lowest BCUT2D eigenvalue weighted by atomic mass is 10.1. The number of aliphatic imine (C=N–C) groups is 1. The molecule has 2 saturated heterocycles. The quantitative estimate of drug-likeness (QED) is 0.325. The molecule has 2 unspecified atom stereocenters. The highest BCUT2D eigenvalue weighted by Gasteiger charge is 2.32. The molecule has 2 atom stereocenters. The van der Waals surface area contributed by atoms with Crippen molar-refractivity contribution in [2.45, 2.75) is 45.1 Å². The molecule has 0 aromatic heterocycles. The summed E-state index contributed by atoms with van der Waals surface area (Å²) in [6, 6.07) is 4.93. The van der Waals surface area contributed by atoms with E-state index >= 15 is 0 Å². The second-order valence-corrected chi connectivity index (χ2v) is 6.94. The molecule has 0 bridgehead atoms. The Morgan fingerprint density at radius 1 is 1.27 bits per heavy atom. The Balaban J connectivity index is 0.00000320. The van der Waals surface area contributed by atoms with Crippen LogP contribution in [0.5, 0.6) is 11.5 Å². The summed E-state index contributed by atoms with van der Waals surface area (Å²) >= 11 is 0. The number of hydrogen-bond donors (Lipinski definition) is 1. The first-order valence-electron chi connectivity index (χ1n) is 9.99. The van der Waals surface area contributed by atoms with E-state index in [2.05, 4.69) is 15.0 Å². The molecule has 0 aliphatic carbocycles. The van der Waals surface area contributed by atoms with Gasteiger partial charge in [0.05, 0.1) is 26.4 Å². The zero-order valence-electron chi connectivity index (χ0n) is 17.3. The molecule has 2 fully saturated rings. The Hall–Kier alpha value is -1.40. The number of halogens is 3. The molecule has 0 amide bonds. The topological polar surface area (TPSA) is 64.6 Å². The summed E-state index contributed by atoms with van der Waals surface area (Å²) in [6.45, 7) is 2.99. The van der Waals surface area contributed by atoms with Gasteiger partial charge in [-0.15, -0.1) is 24.0 Å². The molecule has 30 heavy (non-hydrogen) atoms. The number of morpholine rings is 1. The van der Waals surface area contributed by atoms with Crippen molar-refractivity contribution < 1.29 is 27.7 Å². The van der Waals surface area contributed by atoms with Gasteiger partial charge in [0.25, 0.3) is 0 Å². The molecule has 2 aliphatic rings. The molecule has 0 radical (unpaired) electrons. The molecule has 10 heteroatoms. The van der Waals surface area contributed by atoms with E-state index < -0.39 is 6.61 Å². The fraction of sp³-hybridized carbons (Fsp3) is 0.650. The minimum Gasteiger partial charge on any atom is -0.493 e. The second kappa shape index (κ2) is 12.5. The predicted octanol–water partition coefficient (Wildman–Crippen LogP) is 3.26. The van der Waals surface area contributed by atoms with Crippen molar-refractivity contribution in [3.05, 3.63) is 23.8 Å². The molecular formula is C20H30F2IN3O4. The van der Waals surface area contributed by atoms with Crippen LogP contribution >= 0.6 is 24.0 Å². The van der Waals surface area contributed by atoms with Crippen LogP contribution in [-0.4, -0.2) is 69.6 Å². The van der Waals surface area contributed by atoms with E-state index in [0.29, 0.717) is 19.7 Å². The third-order valence-corrected chi connectivity index (χ3v) is 4.96. The van der Waals surface area contributed by atoms with Crippen LogP contribution in [0, 0.1) is 0 Å². The molecule has 1 aromatic carbocycles. The van der Waals surface area contributed by atoms with Crippen LogP contribution in [0.3, 0.4) is 0 Å². The summed E-state index contributed by atoms with van der Waals surface area (Å²) in [5.41, 5.74) is 0.751. The van der Waals surface area contributed by atoms with Crippen LogP contribution < -0.4 is 14.8 Å². The number of nitrogens with zero attached hydrogens (tertiary/aromatic N) is 2. The predicted molar refractivity (Wildman–Crippen MR) is 120 cm³/mol. The van der Waals surface area contributed by atoms with Crippen LogP contribution in [0.4, 0.5) is 8.78 Å². The maximum atomic E-state index is 12.6. The highest BCUT2D eigenvalue weighted by molar-refractivity contribution is 14.0. The maximum absolute atomic E-state index is 12.6. The molecule has 3 rings (SSSR count). The van der Waals surface area contributed by atoms with Crippen molar-refractivity contribution in [1.82, 2.24) is 10.2 Å². The average molecular weight is 541 g/mol. The lowest BCUT2D eigenvalue weighted by Crippen LogP contribution is -2.53. The summed E-state index contributed by atoms with van der Waals surface area (Å²) in [5.74, 6) is 1.04. The third kappa shape index (κ3) is 6.81. The Labute approximate surface area is 193 Å². The molecule has 2 aliphatic heterocycles. The highest BCUT2D eigenvalue weighted by Crippen LogP contribution is 2.29. The molecule has 2 heterocycles. The van der Waals surface area contributed by atoms with Gasteiger partial charge in [0.1, 0.15) is 6.10 Å². The minimum absolute atomic E-state index is 0. The smallest absolute Gasteiger partial charge is 0.387 e. The van der Waals surface area contributed by atoms with Gasteiger partial charge in [0, 0.05) is 26.2 Å². The van der Waals surface area contributed by atoms with Gasteiger partial charge in [0.2, 0.25) is 0 Å². The Morgan fingerprint density at radius 3 is 2.73 bits per heavy atom. The van der Waals surface area contributed by atoms with Crippen LogP contribution in [0.2, 0.25) is 0 Å². The average Bonchev–Trinajstić information content (AvgIpc) is 3.26. The number of ether oxygens (including phenoxy) is 4. The van der Waals surface area contributed by atoms with E-state index in [1.165, 1.54) is 13.2 Å². The van der Waals surface area contributed by atoms with Gasteiger partial charge in [-0.2, -0.15) is 8.78 Å². The number of alkyl halides is 2. The summed E-state index contributed by atoms with van der Waals surface area (Å²) in [6.07, 6.45) is 2.25. The second-order valence-electron chi connectivity index (χ2n) is 6.94. The van der Waals surface area contributed by atoms with E-state index in [1.54, 1.807) is 12.1 Å². The van der Waals surface area contributed by atoms with Crippen LogP contribution in [0.25, 0.3) is 0 Å². The van der Waals surface area contributed by atoms with Gasteiger partial charge in [-0.25, -0.2) is 4.99 Å². The number of guanidine groups is 1. The monoisotopic (exact) mass is 541 g/mol. The summed E-state index contributed by atoms with van der Waals surface area (Å²) in [4.78, 5) is 6.86. The molecule has 0 spiro atoms. The van der Waals surface area contributed by atoms with Gasteiger partial charge < -0.3 is 29.2 Å². The zero-order chi connectivity index (χ0) is 20.6. The lowest BCUT2D eigenvalue weighted by Gasteiger charge is -2.37. The van der Waals surface area contributed by atoms with Crippen molar-refractivity contribution in [1.29, 1.82) is 0 Å². The first-order valence-corrected chi connectivity index (χ1v) is 9.99. The van der Waals surface area contributed by atoms with Crippen LogP contribution in [0.15, 0.2) is 23.2 Å². The summed E-state index contributed by atoms with van der Waals surface area (Å²) < 4.78 is 46.6. The minimum atomic E-state index is -2.91. The number of nitrogens with one attached hydrogen (secondary N) is 1. The molecule has 170 valence electrons. The molecule has 1 aromatic rings. The van der Waals surface area contributed by atoms with E-state index in [0.717, 1.165) is 44.1 Å². The maximum Gasteiger partial charge on any atom is 0.387 e. The fourth-order valence-electron chi connectivity index (χ4n) is 3.59. The molecule has 1 N–H and O–H groups in total. The zero-order valence-corrected chi connectivity index (χ0v) is 19.6. The van der Waals surface area contributed by atoms with Gasteiger partial charge >= 0.3 is 6.61 Å². The van der Waals surface area contributed by atoms with Crippen molar-refractivity contribution in [3.63, 3.8) is 0 Å². The standard InChI is InChI=1S/C20H29F2N3O4.HI/c1-3-23-20(25-8-10-28-18(13-25)16-5-4-9-27-16)24-12-14-6-7-15(26-2)17(11-14)29-19(21)22;/h6-7,11,16,18-19H,3-5,8-10,12-13H2,1-2H3,(H,23,24);1H. The van der Waals surface area contributed by atoms with E-state index in [9.17, 15) is 8.78 Å². The van der Waals surface area contributed by atoms with Crippen molar-refractivity contribution >= 4 is 29.9 Å². The van der Waals surface area contributed by atoms with Crippen molar-refractivity contribution in [2.24, 2.45) is 4.99 Å². The Morgan fingerprint density at radius 2 is 2.07 bits per heavy atom. The molecule has 0 saturated carbocycles. The van der Waals surface area contributed by atoms with E-state index in [-0.39, 0.29) is 47.7 Å². The number of methoxy groups -OCH3 is 1. The van der Waals surface area contributed by atoms with Crippen molar-refractivity contribution in [3.8, 4) is 11.5 Å². The van der Waals surface area contributed by atoms with E-state index in [1.807, 2.05) is 6.92 Å². The van der Waals surface area contributed by atoms with Crippen LogP contribution in [-0.2, 0) is 16.0 Å². The third-order valence-electron chi connectivity index (χ3n) is 4.96. The normalized spacial score (nSPS) is 22.0. The fourth-order valence-corrected chi connectivity index (χ4v) is 3.59. The first kappa shape index (κ1) is 24.9. The Bertz CT molecular complexity index is 690. The number of hydrogen-bond acceptors (Lipinski definition) is 5. The lowest BCUT2D eigenvalue weighted by molar-refractivity contribution is -0.0817. The number of rotatable bonds is 7. The summed E-state index contributed by atoms with van der Waals surface area (Å²) in [5, 5.41) is 3.31. The van der Waals surface area contributed by atoms with Crippen LogP contribution in [0.1, 0.15) is 25.3 Å². The van der Waals surface area contributed by atoms with E-state index in [4.69, 9.17) is 19.2 Å². The Kier molecular flexibility index (Phi) is 10.3. The number of benzene rings is 1. The van der Waals surface area contributed by atoms with Gasteiger partial charge in [0.15, 0.2) is 17.5 Å². The largest absolute Gasteiger partial charge is 0.493 e. The highest BCUT2D eigenvalue weighted by atomic mass is 127. The summed E-state index contributed by atoms with van der Waals surface area (Å²) in [7, 11) is 1.41. The first-order chi connectivity index (χ1) is 14.1. The molecular weight excluding hydrogens is 511 g/mol. The molecule has 7 nitrogen and oxygen atoms in total.